The third-order valence-electron chi connectivity index (χ3n) is 3.19. The molecule has 0 aromatic carbocycles. The minimum absolute atomic E-state index is 0.00200. The van der Waals surface area contributed by atoms with Crippen molar-refractivity contribution in [3.05, 3.63) is 27.7 Å². The second-order valence-electron chi connectivity index (χ2n) is 4.47. The Kier molecular flexibility index (Phi) is 7.91. The van der Waals surface area contributed by atoms with Gasteiger partial charge in [0.1, 0.15) is 5.76 Å². The molecule has 0 aliphatic carbocycles. The van der Waals surface area contributed by atoms with Crippen molar-refractivity contribution < 1.29 is 13.9 Å². The van der Waals surface area contributed by atoms with Gasteiger partial charge >= 0.3 is 0 Å². The second kappa shape index (κ2) is 9.18. The Balaban J connectivity index is 2.73. The number of carbonyl (C=O) groups is 1. The largest absolute Gasteiger partial charge is 0.451 e. The molecule has 0 aliphatic heterocycles. The van der Waals surface area contributed by atoms with Gasteiger partial charge in [-0.15, -0.1) is 0 Å². The van der Waals surface area contributed by atoms with Crippen LogP contribution in [0.1, 0.15) is 32.4 Å². The van der Waals surface area contributed by atoms with Crippen LogP contribution in [0, 0.1) is 3.77 Å². The van der Waals surface area contributed by atoms with Gasteiger partial charge in [0.15, 0.2) is 3.77 Å². The minimum Gasteiger partial charge on any atom is -0.451 e. The highest BCUT2D eigenvalue weighted by molar-refractivity contribution is 14.1. The molecule has 1 aromatic heterocycles. The van der Waals surface area contributed by atoms with E-state index >= 15 is 0 Å². The van der Waals surface area contributed by atoms with Crippen LogP contribution in [-0.2, 0) is 9.53 Å². The number of rotatable bonds is 8. The van der Waals surface area contributed by atoms with Gasteiger partial charge in [0.2, 0.25) is 5.91 Å². The Labute approximate surface area is 134 Å². The van der Waals surface area contributed by atoms with Crippen molar-refractivity contribution in [2.24, 2.45) is 0 Å². The van der Waals surface area contributed by atoms with Crippen molar-refractivity contribution in [1.29, 1.82) is 0 Å². The lowest BCUT2D eigenvalue weighted by Gasteiger charge is -2.29. The van der Waals surface area contributed by atoms with Crippen molar-refractivity contribution >= 4 is 34.6 Å². The van der Waals surface area contributed by atoms with Gasteiger partial charge in [0.05, 0.1) is 6.61 Å². The molecule has 0 aliphatic rings. The zero-order chi connectivity index (χ0) is 15.0. The van der Waals surface area contributed by atoms with Crippen molar-refractivity contribution in [1.82, 2.24) is 4.90 Å². The van der Waals surface area contributed by atoms with Crippen LogP contribution in [0.25, 0.3) is 6.08 Å². The highest BCUT2D eigenvalue weighted by atomic mass is 127. The molecule has 0 fully saturated rings. The molecule has 0 N–H and O–H groups in total. The number of carbonyl (C=O) groups excluding carboxylic acids is 1. The fourth-order valence-electron chi connectivity index (χ4n) is 2.06. The standard InChI is InChI=1S/C15H22INO3/c1-4-12(5-2)17(10-11-19-3)15(18)9-7-13-6-8-14(16)20-13/h6-9,12H,4-5,10-11H2,1-3H3. The number of methoxy groups -OCH3 is 1. The van der Waals surface area contributed by atoms with Gasteiger partial charge in [0, 0.05) is 25.8 Å². The van der Waals surface area contributed by atoms with E-state index in [-0.39, 0.29) is 11.9 Å². The molecule has 0 unspecified atom stereocenters. The van der Waals surface area contributed by atoms with Crippen LogP contribution >= 0.6 is 22.6 Å². The lowest BCUT2D eigenvalue weighted by Crippen LogP contribution is -2.40. The summed E-state index contributed by atoms with van der Waals surface area (Å²) in [7, 11) is 1.65. The average molecular weight is 391 g/mol. The van der Waals surface area contributed by atoms with Crippen molar-refractivity contribution in [2.45, 2.75) is 32.7 Å². The van der Waals surface area contributed by atoms with Gasteiger partial charge in [-0.1, -0.05) is 13.8 Å². The van der Waals surface area contributed by atoms with E-state index in [2.05, 4.69) is 36.4 Å². The Morgan fingerprint density at radius 1 is 1.45 bits per heavy atom. The average Bonchev–Trinajstić information content (AvgIpc) is 2.86. The predicted molar refractivity (Wildman–Crippen MR) is 88.4 cm³/mol. The molecule has 1 heterocycles. The fourth-order valence-corrected chi connectivity index (χ4v) is 2.49. The summed E-state index contributed by atoms with van der Waals surface area (Å²) in [4.78, 5) is 14.2. The molecule has 1 amide bonds. The Bertz CT molecular complexity index is 438. The smallest absolute Gasteiger partial charge is 0.247 e. The van der Waals surface area contributed by atoms with Crippen LogP contribution in [0.2, 0.25) is 0 Å². The molecule has 112 valence electrons. The molecule has 0 saturated carbocycles. The quantitative estimate of drug-likeness (QED) is 0.503. The molecule has 4 nitrogen and oxygen atoms in total. The lowest BCUT2D eigenvalue weighted by atomic mass is 10.1. The van der Waals surface area contributed by atoms with Crippen LogP contribution < -0.4 is 0 Å². The normalized spacial score (nSPS) is 11.4. The maximum Gasteiger partial charge on any atom is 0.247 e. The van der Waals surface area contributed by atoms with E-state index in [9.17, 15) is 4.79 Å². The van der Waals surface area contributed by atoms with Gasteiger partial charge in [0.25, 0.3) is 0 Å². The van der Waals surface area contributed by atoms with Crippen LogP contribution in [-0.4, -0.2) is 37.1 Å². The summed E-state index contributed by atoms with van der Waals surface area (Å²) in [5.74, 6) is 0.696. The Morgan fingerprint density at radius 3 is 2.65 bits per heavy atom. The number of halogens is 1. The number of amides is 1. The topological polar surface area (TPSA) is 42.7 Å². The molecule has 0 spiro atoms. The molecule has 20 heavy (non-hydrogen) atoms. The number of ether oxygens (including phenoxy) is 1. The number of nitrogens with zero attached hydrogens (tertiary/aromatic N) is 1. The summed E-state index contributed by atoms with van der Waals surface area (Å²) in [5, 5.41) is 0. The van der Waals surface area contributed by atoms with E-state index < -0.39 is 0 Å². The molecule has 0 saturated heterocycles. The van der Waals surface area contributed by atoms with E-state index in [1.54, 1.807) is 19.3 Å². The maximum absolute atomic E-state index is 12.3. The van der Waals surface area contributed by atoms with E-state index in [1.807, 2.05) is 17.0 Å². The SMILES string of the molecule is CCC(CC)N(CCOC)C(=O)C=Cc1ccc(I)o1. The molecule has 0 radical (unpaired) electrons. The van der Waals surface area contributed by atoms with E-state index in [1.165, 1.54) is 0 Å². The lowest BCUT2D eigenvalue weighted by molar-refractivity contribution is -0.129. The van der Waals surface area contributed by atoms with Crippen LogP contribution in [0.3, 0.4) is 0 Å². The molecule has 5 heteroatoms. The summed E-state index contributed by atoms with van der Waals surface area (Å²) in [6.45, 7) is 5.36. The van der Waals surface area contributed by atoms with Crippen LogP contribution in [0.4, 0.5) is 0 Å². The molecule has 0 bridgehead atoms. The first-order chi connectivity index (χ1) is 9.62. The molecular weight excluding hydrogens is 369 g/mol. The molecular formula is C15H22INO3. The van der Waals surface area contributed by atoms with Crippen LogP contribution in [0.5, 0.6) is 0 Å². The third kappa shape index (κ3) is 5.28. The van der Waals surface area contributed by atoms with Gasteiger partial charge in [-0.3, -0.25) is 4.79 Å². The summed E-state index contributed by atoms with van der Waals surface area (Å²) in [6.07, 6.45) is 5.17. The zero-order valence-corrected chi connectivity index (χ0v) is 14.4. The summed E-state index contributed by atoms with van der Waals surface area (Å²) in [6, 6.07) is 3.97. The van der Waals surface area contributed by atoms with Gasteiger partial charge in [-0.2, -0.15) is 0 Å². The summed E-state index contributed by atoms with van der Waals surface area (Å²) in [5.41, 5.74) is 0. The molecule has 1 aromatic rings. The van der Waals surface area contributed by atoms with Gasteiger partial charge in [-0.25, -0.2) is 0 Å². The summed E-state index contributed by atoms with van der Waals surface area (Å²) >= 11 is 2.10. The van der Waals surface area contributed by atoms with E-state index in [0.717, 1.165) is 16.6 Å². The van der Waals surface area contributed by atoms with Crippen molar-refractivity contribution in [3.63, 3.8) is 0 Å². The van der Waals surface area contributed by atoms with E-state index in [0.29, 0.717) is 18.9 Å². The highest BCUT2D eigenvalue weighted by Gasteiger charge is 2.18. The Hall–Kier alpha value is -0.820. The second-order valence-corrected chi connectivity index (χ2v) is 5.53. The minimum atomic E-state index is 0.00200. The fraction of sp³-hybridized carbons (Fsp3) is 0.533. The number of furan rings is 1. The van der Waals surface area contributed by atoms with Gasteiger partial charge < -0.3 is 14.1 Å². The van der Waals surface area contributed by atoms with Crippen molar-refractivity contribution in [2.75, 3.05) is 20.3 Å². The number of hydrogen-bond donors (Lipinski definition) is 0. The van der Waals surface area contributed by atoms with E-state index in [4.69, 9.17) is 9.15 Å². The molecule has 1 rings (SSSR count). The third-order valence-corrected chi connectivity index (χ3v) is 3.77. The first kappa shape index (κ1) is 17.2. The zero-order valence-electron chi connectivity index (χ0n) is 12.3. The Morgan fingerprint density at radius 2 is 2.15 bits per heavy atom. The maximum atomic E-state index is 12.3. The molecule has 0 atom stereocenters. The van der Waals surface area contributed by atoms with Crippen molar-refractivity contribution in [3.8, 4) is 0 Å². The van der Waals surface area contributed by atoms with Gasteiger partial charge in [-0.05, 0) is 53.6 Å². The highest BCUT2D eigenvalue weighted by Crippen LogP contribution is 2.13. The monoisotopic (exact) mass is 391 g/mol. The summed E-state index contributed by atoms with van der Waals surface area (Å²) < 4.78 is 11.3. The number of hydrogen-bond acceptors (Lipinski definition) is 3. The van der Waals surface area contributed by atoms with Crippen LogP contribution in [0.15, 0.2) is 22.6 Å². The first-order valence-electron chi connectivity index (χ1n) is 6.85. The predicted octanol–water partition coefficient (Wildman–Crippen LogP) is 3.56. The first-order valence-corrected chi connectivity index (χ1v) is 7.93.